The molecule has 0 saturated heterocycles. The maximum Gasteiger partial charge on any atom is 0.255 e. The first-order valence-electron chi connectivity index (χ1n) is 8.50. The molecule has 7 nitrogen and oxygen atoms in total. The van der Waals surface area contributed by atoms with Crippen LogP contribution in [0, 0.1) is 0 Å². The molecule has 3 aromatic rings. The van der Waals surface area contributed by atoms with Crippen LogP contribution in [0.4, 0.5) is 0 Å². The van der Waals surface area contributed by atoms with Crippen molar-refractivity contribution in [1.29, 1.82) is 0 Å². The summed E-state index contributed by atoms with van der Waals surface area (Å²) in [4.78, 5) is 35.8. The second-order valence-electron chi connectivity index (χ2n) is 6.58. The highest BCUT2D eigenvalue weighted by atomic mass is 16.5. The second kappa shape index (κ2) is 6.25. The van der Waals surface area contributed by atoms with Gasteiger partial charge in [-0.15, -0.1) is 0 Å². The van der Waals surface area contributed by atoms with E-state index in [2.05, 4.69) is 20.3 Å². The summed E-state index contributed by atoms with van der Waals surface area (Å²) < 4.78 is 5.77. The number of carbonyl (C=O) groups excluding carboxylic acids is 2. The predicted octanol–water partition coefficient (Wildman–Crippen LogP) is 3.02. The molecule has 7 heteroatoms. The van der Waals surface area contributed by atoms with E-state index < -0.39 is 0 Å². The molecular weight excluding hydrogens is 332 g/mol. The minimum atomic E-state index is -0.221. The van der Waals surface area contributed by atoms with Crippen LogP contribution in [0.15, 0.2) is 30.6 Å². The fourth-order valence-electron chi connectivity index (χ4n) is 3.04. The summed E-state index contributed by atoms with van der Waals surface area (Å²) in [5.41, 5.74) is 3.11. The third-order valence-corrected chi connectivity index (χ3v) is 4.25. The molecule has 26 heavy (non-hydrogen) atoms. The summed E-state index contributed by atoms with van der Waals surface area (Å²) in [6.45, 7) is 3.78. The monoisotopic (exact) mass is 350 g/mol. The first kappa shape index (κ1) is 16.3. The zero-order valence-electron chi connectivity index (χ0n) is 14.5. The Morgan fingerprint density at radius 3 is 2.96 bits per heavy atom. The van der Waals surface area contributed by atoms with E-state index in [0.717, 1.165) is 12.0 Å². The number of Topliss-reactive ketones (excluding diaryl/α,β-unsaturated/α-hetero) is 1. The number of rotatable bonds is 4. The molecule has 1 aromatic carbocycles. The van der Waals surface area contributed by atoms with Gasteiger partial charge in [0, 0.05) is 24.2 Å². The van der Waals surface area contributed by atoms with Gasteiger partial charge in [-0.1, -0.05) is 6.07 Å². The fraction of sp³-hybridized carbons (Fsp3) is 0.263. The first-order valence-corrected chi connectivity index (χ1v) is 8.50. The topological polar surface area (TPSA) is 97.0 Å². The highest BCUT2D eigenvalue weighted by molar-refractivity contribution is 6.04. The molecule has 1 aliphatic carbocycles. The number of carbonyl (C=O) groups is 2. The molecule has 2 aromatic heterocycles. The minimum Gasteiger partial charge on any atom is -0.437 e. The molecule has 2 N–H and O–H groups in total. The average Bonchev–Trinajstić information content (AvgIpc) is 3.18. The smallest absolute Gasteiger partial charge is 0.255 e. The Morgan fingerprint density at radius 1 is 1.31 bits per heavy atom. The third kappa shape index (κ3) is 2.92. The Morgan fingerprint density at radius 2 is 2.15 bits per heavy atom. The summed E-state index contributed by atoms with van der Waals surface area (Å²) in [5, 5.41) is 2.83. The number of aromatic amines is 1. The van der Waals surface area contributed by atoms with E-state index in [1.807, 2.05) is 26.0 Å². The van der Waals surface area contributed by atoms with Crippen molar-refractivity contribution in [3.8, 4) is 11.6 Å². The zero-order valence-corrected chi connectivity index (χ0v) is 14.5. The number of hydrogen-bond acceptors (Lipinski definition) is 5. The van der Waals surface area contributed by atoms with Gasteiger partial charge in [0.2, 0.25) is 5.88 Å². The van der Waals surface area contributed by atoms with Crippen LogP contribution in [-0.2, 0) is 6.42 Å². The fourth-order valence-corrected chi connectivity index (χ4v) is 3.04. The highest BCUT2D eigenvalue weighted by Gasteiger charge is 2.20. The van der Waals surface area contributed by atoms with Crippen LogP contribution in [0.5, 0.6) is 11.6 Å². The van der Waals surface area contributed by atoms with Gasteiger partial charge in [0.05, 0.1) is 11.8 Å². The van der Waals surface area contributed by atoms with Crippen molar-refractivity contribution in [3.63, 3.8) is 0 Å². The van der Waals surface area contributed by atoms with Gasteiger partial charge in [0.15, 0.2) is 11.4 Å². The number of benzene rings is 1. The number of aromatic nitrogens is 3. The lowest BCUT2D eigenvalue weighted by molar-refractivity contribution is 0.0943. The summed E-state index contributed by atoms with van der Waals surface area (Å²) in [5.74, 6) is 0.698. The van der Waals surface area contributed by atoms with E-state index >= 15 is 0 Å². The molecule has 0 spiro atoms. The number of H-pyrrole nitrogens is 1. The molecule has 0 unspecified atom stereocenters. The molecule has 0 radical (unpaired) electrons. The van der Waals surface area contributed by atoms with Crippen LogP contribution in [0.25, 0.3) is 11.2 Å². The number of fused-ring (bicyclic) bond motifs is 2. The quantitative estimate of drug-likeness (QED) is 0.754. The molecule has 4 rings (SSSR count). The van der Waals surface area contributed by atoms with Gasteiger partial charge in [-0.05, 0) is 38.0 Å². The van der Waals surface area contributed by atoms with Gasteiger partial charge in [0.25, 0.3) is 5.91 Å². The van der Waals surface area contributed by atoms with Crippen LogP contribution < -0.4 is 10.1 Å². The molecule has 132 valence electrons. The molecule has 1 aliphatic rings. The average molecular weight is 350 g/mol. The van der Waals surface area contributed by atoms with Crippen molar-refractivity contribution < 1.29 is 14.3 Å². The third-order valence-electron chi connectivity index (χ3n) is 4.25. The molecule has 0 aliphatic heterocycles. The van der Waals surface area contributed by atoms with E-state index in [1.165, 1.54) is 6.20 Å². The van der Waals surface area contributed by atoms with Gasteiger partial charge in [0.1, 0.15) is 11.3 Å². The Hall–Kier alpha value is -3.22. The predicted molar refractivity (Wildman–Crippen MR) is 95.7 cm³/mol. The summed E-state index contributed by atoms with van der Waals surface area (Å²) in [6, 6.07) is 5.47. The maximum atomic E-state index is 12.3. The van der Waals surface area contributed by atoms with E-state index in [0.29, 0.717) is 34.5 Å². The number of ketones is 1. The number of hydrogen-bond donors (Lipinski definition) is 2. The summed E-state index contributed by atoms with van der Waals surface area (Å²) in [6.07, 6.45) is 4.39. The van der Waals surface area contributed by atoms with Gasteiger partial charge < -0.3 is 15.0 Å². The summed E-state index contributed by atoms with van der Waals surface area (Å²) >= 11 is 0. The van der Waals surface area contributed by atoms with Crippen molar-refractivity contribution in [2.75, 3.05) is 0 Å². The molecule has 1 amide bonds. The lowest BCUT2D eigenvalue weighted by atomic mass is 10.1. The first-order chi connectivity index (χ1) is 12.5. The Labute approximate surface area is 149 Å². The molecule has 2 heterocycles. The number of nitrogens with zero attached hydrogens (tertiary/aromatic N) is 2. The standard InChI is InChI=1S/C19H18N4O3/c1-10(2)22-19(25)14-8-20-18-17(14)23-16(9-21-18)26-12-5-3-11-4-6-15(24)13(11)7-12/h3,5,7-10H,4,6H2,1-2H3,(H,20,21)(H,22,25). The Balaban J connectivity index is 1.64. The molecule has 0 atom stereocenters. The number of nitrogens with one attached hydrogen (secondary N) is 2. The molecular formula is C19H18N4O3. The molecule has 0 bridgehead atoms. The largest absolute Gasteiger partial charge is 0.437 e. The van der Waals surface area contributed by atoms with Crippen LogP contribution in [0.1, 0.15) is 46.5 Å². The molecule has 0 fully saturated rings. The highest BCUT2D eigenvalue weighted by Crippen LogP contribution is 2.29. The number of amides is 1. The van der Waals surface area contributed by atoms with Crippen LogP contribution >= 0.6 is 0 Å². The van der Waals surface area contributed by atoms with Gasteiger partial charge in [-0.3, -0.25) is 9.59 Å². The lowest BCUT2D eigenvalue weighted by Crippen LogP contribution is -2.29. The van der Waals surface area contributed by atoms with E-state index in [9.17, 15) is 9.59 Å². The van der Waals surface area contributed by atoms with Crippen LogP contribution in [-0.4, -0.2) is 32.7 Å². The number of ether oxygens (including phenoxy) is 1. The minimum absolute atomic E-state index is 0.0174. The second-order valence-corrected chi connectivity index (χ2v) is 6.58. The number of aryl methyl sites for hydroxylation is 1. The van der Waals surface area contributed by atoms with Crippen molar-refractivity contribution in [2.24, 2.45) is 0 Å². The summed E-state index contributed by atoms with van der Waals surface area (Å²) in [7, 11) is 0. The van der Waals surface area contributed by atoms with Crippen molar-refractivity contribution >= 4 is 22.9 Å². The SMILES string of the molecule is CC(C)NC(=O)c1c[nH]c2ncc(Oc3ccc4c(c3)C(=O)CC4)nc12. The van der Waals surface area contributed by atoms with E-state index in [4.69, 9.17) is 4.74 Å². The normalized spacial score (nSPS) is 13.3. The molecule has 0 saturated carbocycles. The van der Waals surface area contributed by atoms with Crippen LogP contribution in [0.3, 0.4) is 0 Å². The van der Waals surface area contributed by atoms with Gasteiger partial charge in [-0.2, -0.15) is 0 Å². The Bertz CT molecular complexity index is 1020. The maximum absolute atomic E-state index is 12.3. The zero-order chi connectivity index (χ0) is 18.3. The lowest BCUT2D eigenvalue weighted by Gasteiger charge is -2.08. The van der Waals surface area contributed by atoms with Gasteiger partial charge in [-0.25, -0.2) is 9.97 Å². The van der Waals surface area contributed by atoms with Gasteiger partial charge >= 0.3 is 0 Å². The Kier molecular flexibility index (Phi) is 3.91. The van der Waals surface area contributed by atoms with Crippen molar-refractivity contribution in [2.45, 2.75) is 32.7 Å². The van der Waals surface area contributed by atoms with Crippen molar-refractivity contribution in [1.82, 2.24) is 20.3 Å². The van der Waals surface area contributed by atoms with E-state index in [1.54, 1.807) is 12.3 Å². The van der Waals surface area contributed by atoms with Crippen LogP contribution in [0.2, 0.25) is 0 Å². The van der Waals surface area contributed by atoms with E-state index in [-0.39, 0.29) is 23.6 Å². The van der Waals surface area contributed by atoms with Crippen molar-refractivity contribution in [3.05, 3.63) is 47.3 Å².